The van der Waals surface area contributed by atoms with Gasteiger partial charge in [0.25, 0.3) is 0 Å². The first kappa shape index (κ1) is 16.4. The SMILES string of the molecule is CCOC(=O)CCN(C)S(=O)(=O)CC(C)(C)C. The van der Waals surface area contributed by atoms with Gasteiger partial charge in [-0.25, -0.2) is 12.7 Å². The Morgan fingerprint density at radius 3 is 2.24 bits per heavy atom. The molecule has 0 aliphatic heterocycles. The van der Waals surface area contributed by atoms with Crippen molar-refractivity contribution < 1.29 is 17.9 Å². The second-order valence-electron chi connectivity index (χ2n) is 5.19. The lowest BCUT2D eigenvalue weighted by molar-refractivity contribution is -0.143. The Bertz CT molecular complexity index is 343. The van der Waals surface area contributed by atoms with Crippen molar-refractivity contribution >= 4 is 16.0 Å². The number of sulfonamides is 1. The van der Waals surface area contributed by atoms with E-state index in [4.69, 9.17) is 4.74 Å². The van der Waals surface area contributed by atoms with Crippen LogP contribution in [-0.4, -0.2) is 44.6 Å². The molecule has 0 atom stereocenters. The summed E-state index contributed by atoms with van der Waals surface area (Å²) in [6.45, 7) is 7.80. The lowest BCUT2D eigenvalue weighted by Crippen LogP contribution is -2.35. The lowest BCUT2D eigenvalue weighted by atomic mass is 10.0. The number of carbonyl (C=O) groups is 1. The van der Waals surface area contributed by atoms with Gasteiger partial charge in [0.2, 0.25) is 10.0 Å². The van der Waals surface area contributed by atoms with Gasteiger partial charge in [0, 0.05) is 13.6 Å². The molecule has 6 heteroatoms. The van der Waals surface area contributed by atoms with Gasteiger partial charge in [0.1, 0.15) is 0 Å². The van der Waals surface area contributed by atoms with E-state index in [-0.39, 0.29) is 30.1 Å². The zero-order valence-electron chi connectivity index (χ0n) is 11.3. The highest BCUT2D eigenvalue weighted by atomic mass is 32.2. The molecule has 0 heterocycles. The maximum absolute atomic E-state index is 11.9. The van der Waals surface area contributed by atoms with Crippen LogP contribution in [0.1, 0.15) is 34.1 Å². The standard InChI is InChI=1S/C11H23NO4S/c1-6-16-10(13)7-8-12(5)17(14,15)9-11(2,3)4/h6-9H2,1-5H3. The highest BCUT2D eigenvalue weighted by Gasteiger charge is 2.25. The molecule has 0 unspecified atom stereocenters. The first-order valence-corrected chi connectivity index (χ1v) is 7.29. The molecule has 0 radical (unpaired) electrons. The number of carbonyl (C=O) groups excluding carboxylic acids is 1. The molecule has 0 amide bonds. The van der Waals surface area contributed by atoms with E-state index >= 15 is 0 Å². The van der Waals surface area contributed by atoms with Gasteiger partial charge < -0.3 is 4.74 Å². The molecule has 0 saturated heterocycles. The van der Waals surface area contributed by atoms with Crippen molar-refractivity contribution in [2.45, 2.75) is 34.1 Å². The summed E-state index contributed by atoms with van der Waals surface area (Å²) in [5, 5.41) is 0. The quantitative estimate of drug-likeness (QED) is 0.678. The van der Waals surface area contributed by atoms with E-state index in [1.807, 2.05) is 20.8 Å². The fourth-order valence-electron chi connectivity index (χ4n) is 1.28. The Balaban J connectivity index is 4.31. The van der Waals surface area contributed by atoms with Gasteiger partial charge in [0.15, 0.2) is 0 Å². The first-order valence-electron chi connectivity index (χ1n) is 5.68. The number of rotatable bonds is 6. The second-order valence-corrected chi connectivity index (χ2v) is 7.27. The molecule has 0 aromatic rings. The van der Waals surface area contributed by atoms with Gasteiger partial charge in [-0.2, -0.15) is 0 Å². The van der Waals surface area contributed by atoms with Crippen LogP contribution in [0.5, 0.6) is 0 Å². The van der Waals surface area contributed by atoms with E-state index < -0.39 is 10.0 Å². The van der Waals surface area contributed by atoms with E-state index in [1.54, 1.807) is 6.92 Å². The van der Waals surface area contributed by atoms with E-state index in [0.29, 0.717) is 6.61 Å². The lowest BCUT2D eigenvalue weighted by Gasteiger charge is -2.23. The molecule has 0 rings (SSSR count). The van der Waals surface area contributed by atoms with Gasteiger partial charge in [-0.05, 0) is 12.3 Å². The highest BCUT2D eigenvalue weighted by Crippen LogP contribution is 2.18. The number of nitrogens with zero attached hydrogens (tertiary/aromatic N) is 1. The van der Waals surface area contributed by atoms with E-state index in [2.05, 4.69) is 0 Å². The minimum absolute atomic E-state index is 0.0688. The van der Waals surface area contributed by atoms with Gasteiger partial charge in [-0.3, -0.25) is 4.79 Å². The first-order chi connectivity index (χ1) is 7.58. The van der Waals surface area contributed by atoms with Crippen LogP contribution >= 0.6 is 0 Å². The molecule has 0 bridgehead atoms. The van der Waals surface area contributed by atoms with Gasteiger partial charge in [-0.1, -0.05) is 20.8 Å². The number of hydrogen-bond donors (Lipinski definition) is 0. The molecule has 0 aliphatic rings. The number of ether oxygens (including phenoxy) is 1. The van der Waals surface area contributed by atoms with E-state index in [0.717, 1.165) is 0 Å². The molecule has 17 heavy (non-hydrogen) atoms. The zero-order valence-corrected chi connectivity index (χ0v) is 12.1. The molecular weight excluding hydrogens is 242 g/mol. The molecule has 5 nitrogen and oxygen atoms in total. The molecule has 0 fully saturated rings. The molecule has 0 spiro atoms. The Kier molecular flexibility index (Phi) is 6.12. The summed E-state index contributed by atoms with van der Waals surface area (Å²) in [6.07, 6.45) is 0.0910. The number of hydrogen-bond acceptors (Lipinski definition) is 4. The fraction of sp³-hybridized carbons (Fsp3) is 0.909. The molecular formula is C11H23NO4S. The van der Waals surface area contributed by atoms with Gasteiger partial charge in [0.05, 0.1) is 18.8 Å². The average molecular weight is 265 g/mol. The predicted molar refractivity (Wildman–Crippen MR) is 67.1 cm³/mol. The third-order valence-electron chi connectivity index (χ3n) is 2.03. The van der Waals surface area contributed by atoms with Crippen molar-refractivity contribution in [2.24, 2.45) is 5.41 Å². The van der Waals surface area contributed by atoms with E-state index in [1.165, 1.54) is 11.4 Å². The summed E-state index contributed by atoms with van der Waals surface area (Å²) in [6, 6.07) is 0. The Morgan fingerprint density at radius 2 is 1.82 bits per heavy atom. The molecule has 102 valence electrons. The molecule has 0 aliphatic carbocycles. The monoisotopic (exact) mass is 265 g/mol. The van der Waals surface area contributed by atoms with Crippen molar-refractivity contribution in [1.29, 1.82) is 0 Å². The van der Waals surface area contributed by atoms with Crippen LogP contribution in [0.25, 0.3) is 0 Å². The summed E-state index contributed by atoms with van der Waals surface area (Å²) in [7, 11) is -1.82. The van der Waals surface area contributed by atoms with Crippen LogP contribution in [0.2, 0.25) is 0 Å². The summed E-state index contributed by atoms with van der Waals surface area (Å²) in [4.78, 5) is 11.1. The Labute approximate surface area is 104 Å². The predicted octanol–water partition coefficient (Wildman–Crippen LogP) is 1.25. The average Bonchev–Trinajstić information content (AvgIpc) is 2.10. The van der Waals surface area contributed by atoms with Crippen LogP contribution in [0.15, 0.2) is 0 Å². The summed E-state index contributed by atoms with van der Waals surface area (Å²) in [5.41, 5.74) is -0.295. The van der Waals surface area contributed by atoms with Crippen molar-refractivity contribution in [3.8, 4) is 0 Å². The topological polar surface area (TPSA) is 63.7 Å². The van der Waals surface area contributed by atoms with Gasteiger partial charge >= 0.3 is 5.97 Å². The smallest absolute Gasteiger partial charge is 0.307 e. The zero-order chi connectivity index (χ0) is 13.7. The maximum Gasteiger partial charge on any atom is 0.307 e. The molecule has 0 N–H and O–H groups in total. The second kappa shape index (κ2) is 6.35. The van der Waals surface area contributed by atoms with Crippen LogP contribution < -0.4 is 0 Å². The summed E-state index contributed by atoms with van der Waals surface area (Å²) in [5.74, 6) is -0.301. The van der Waals surface area contributed by atoms with Crippen LogP contribution in [0.3, 0.4) is 0 Å². The van der Waals surface area contributed by atoms with Crippen molar-refractivity contribution in [1.82, 2.24) is 4.31 Å². The third kappa shape index (κ3) is 7.33. The largest absolute Gasteiger partial charge is 0.466 e. The molecule has 0 aromatic heterocycles. The molecule has 0 saturated carbocycles. The van der Waals surface area contributed by atoms with Crippen LogP contribution in [-0.2, 0) is 19.6 Å². The third-order valence-corrected chi connectivity index (χ3v) is 4.39. The Hall–Kier alpha value is -0.620. The fourth-order valence-corrected chi connectivity index (χ4v) is 2.96. The summed E-state index contributed by atoms with van der Waals surface area (Å²) >= 11 is 0. The van der Waals surface area contributed by atoms with E-state index in [9.17, 15) is 13.2 Å². The Morgan fingerprint density at radius 1 is 1.29 bits per heavy atom. The minimum atomic E-state index is -3.30. The van der Waals surface area contributed by atoms with Crippen LogP contribution in [0.4, 0.5) is 0 Å². The van der Waals surface area contributed by atoms with Crippen molar-refractivity contribution in [3.05, 3.63) is 0 Å². The number of esters is 1. The van der Waals surface area contributed by atoms with Crippen molar-refractivity contribution in [2.75, 3.05) is 26.0 Å². The molecule has 0 aromatic carbocycles. The highest BCUT2D eigenvalue weighted by molar-refractivity contribution is 7.89. The summed E-state index contributed by atoms with van der Waals surface area (Å²) < 4.78 is 29.7. The minimum Gasteiger partial charge on any atom is -0.466 e. The van der Waals surface area contributed by atoms with Crippen molar-refractivity contribution in [3.63, 3.8) is 0 Å². The normalized spacial score (nSPS) is 12.8. The maximum atomic E-state index is 11.9. The van der Waals surface area contributed by atoms with Crippen LogP contribution in [0, 0.1) is 5.41 Å². The van der Waals surface area contributed by atoms with Gasteiger partial charge in [-0.15, -0.1) is 0 Å².